The number of nitrogens with two attached hydrogens (primary N) is 1. The molecule has 1 atom stereocenters. The van der Waals surface area contributed by atoms with E-state index in [1.54, 1.807) is 0 Å². The molecular formula is C13H20N2O. The molecule has 0 bridgehead atoms. The number of ether oxygens (including phenoxy) is 1. The van der Waals surface area contributed by atoms with Crippen molar-refractivity contribution in [2.45, 2.75) is 19.4 Å². The predicted molar refractivity (Wildman–Crippen MR) is 66.7 cm³/mol. The van der Waals surface area contributed by atoms with Crippen LogP contribution in [0.2, 0.25) is 0 Å². The van der Waals surface area contributed by atoms with E-state index in [4.69, 9.17) is 10.5 Å². The van der Waals surface area contributed by atoms with E-state index in [0.29, 0.717) is 0 Å². The molecule has 0 radical (unpaired) electrons. The minimum Gasteiger partial charge on any atom is -0.380 e. The molecule has 1 aliphatic heterocycles. The van der Waals surface area contributed by atoms with Gasteiger partial charge in [-0.25, -0.2) is 0 Å². The Morgan fingerprint density at radius 1 is 1.19 bits per heavy atom. The summed E-state index contributed by atoms with van der Waals surface area (Å²) < 4.78 is 5.45. The second-order valence-corrected chi connectivity index (χ2v) is 4.33. The lowest BCUT2D eigenvalue weighted by Gasteiger charge is -2.22. The summed E-state index contributed by atoms with van der Waals surface area (Å²) in [4.78, 5) is 2.37. The summed E-state index contributed by atoms with van der Waals surface area (Å²) >= 11 is 0. The van der Waals surface area contributed by atoms with Crippen LogP contribution in [0.25, 0.3) is 0 Å². The molecule has 0 unspecified atom stereocenters. The van der Waals surface area contributed by atoms with Gasteiger partial charge in [-0.2, -0.15) is 0 Å². The highest BCUT2D eigenvalue weighted by Crippen LogP contribution is 2.19. The topological polar surface area (TPSA) is 38.5 Å². The molecule has 0 spiro atoms. The summed E-state index contributed by atoms with van der Waals surface area (Å²) in [6.07, 6.45) is 1.11. The van der Waals surface area contributed by atoms with Gasteiger partial charge in [0.25, 0.3) is 0 Å². The molecule has 0 saturated carbocycles. The van der Waals surface area contributed by atoms with Gasteiger partial charge in [-0.05, 0) is 31.0 Å². The van der Waals surface area contributed by atoms with Crippen LogP contribution >= 0.6 is 0 Å². The van der Waals surface area contributed by atoms with E-state index in [-0.39, 0.29) is 6.04 Å². The Bertz CT molecular complexity index is 313. The zero-order chi connectivity index (χ0) is 11.4. The molecule has 3 heteroatoms. The molecule has 2 rings (SSSR count). The maximum absolute atomic E-state index is 5.83. The average Bonchev–Trinajstić information content (AvgIpc) is 2.57. The highest BCUT2D eigenvalue weighted by atomic mass is 16.5. The van der Waals surface area contributed by atoms with Gasteiger partial charge >= 0.3 is 0 Å². The summed E-state index contributed by atoms with van der Waals surface area (Å²) in [7, 11) is 0. The molecule has 1 aromatic rings. The van der Waals surface area contributed by atoms with E-state index in [1.165, 1.54) is 11.3 Å². The van der Waals surface area contributed by atoms with Gasteiger partial charge in [0.2, 0.25) is 0 Å². The third kappa shape index (κ3) is 2.74. The second kappa shape index (κ2) is 5.32. The maximum Gasteiger partial charge on any atom is 0.0641 e. The zero-order valence-electron chi connectivity index (χ0n) is 9.86. The lowest BCUT2D eigenvalue weighted by Crippen LogP contribution is -2.25. The Balaban J connectivity index is 2.07. The normalized spacial score (nSPS) is 19.2. The van der Waals surface area contributed by atoms with E-state index in [0.717, 1.165) is 32.7 Å². The van der Waals surface area contributed by atoms with Crippen molar-refractivity contribution in [1.29, 1.82) is 0 Å². The van der Waals surface area contributed by atoms with Gasteiger partial charge < -0.3 is 15.4 Å². The van der Waals surface area contributed by atoms with Gasteiger partial charge in [-0.1, -0.05) is 12.1 Å². The first-order valence-electron chi connectivity index (χ1n) is 5.95. The number of anilines is 1. The van der Waals surface area contributed by atoms with E-state index >= 15 is 0 Å². The van der Waals surface area contributed by atoms with Gasteiger partial charge in [0, 0.05) is 31.4 Å². The molecule has 1 heterocycles. The summed E-state index contributed by atoms with van der Waals surface area (Å²) in [6.45, 7) is 5.79. The molecule has 0 aliphatic carbocycles. The standard InChI is InChI=1S/C13H20N2O/c1-11(14)12-3-5-13(6-4-12)15-7-2-9-16-10-8-15/h3-6,11H,2,7-10,14H2,1H3/t11-/m1/s1. The Morgan fingerprint density at radius 3 is 2.62 bits per heavy atom. The lowest BCUT2D eigenvalue weighted by molar-refractivity contribution is 0.152. The van der Waals surface area contributed by atoms with Crippen LogP contribution in [0.3, 0.4) is 0 Å². The lowest BCUT2D eigenvalue weighted by atomic mass is 10.1. The van der Waals surface area contributed by atoms with Crippen molar-refractivity contribution in [1.82, 2.24) is 0 Å². The molecule has 0 amide bonds. The second-order valence-electron chi connectivity index (χ2n) is 4.33. The first-order valence-corrected chi connectivity index (χ1v) is 5.95. The molecule has 88 valence electrons. The number of hydrogen-bond donors (Lipinski definition) is 1. The first kappa shape index (κ1) is 11.4. The minimum atomic E-state index is 0.113. The number of hydrogen-bond acceptors (Lipinski definition) is 3. The van der Waals surface area contributed by atoms with Gasteiger partial charge in [0.1, 0.15) is 0 Å². The highest BCUT2D eigenvalue weighted by Gasteiger charge is 2.10. The van der Waals surface area contributed by atoms with E-state index in [9.17, 15) is 0 Å². The van der Waals surface area contributed by atoms with Crippen LogP contribution in [-0.2, 0) is 4.74 Å². The Morgan fingerprint density at radius 2 is 1.94 bits per heavy atom. The molecule has 3 nitrogen and oxygen atoms in total. The fourth-order valence-electron chi connectivity index (χ4n) is 1.99. The zero-order valence-corrected chi connectivity index (χ0v) is 9.86. The van der Waals surface area contributed by atoms with E-state index in [2.05, 4.69) is 29.2 Å². The van der Waals surface area contributed by atoms with Crippen LogP contribution < -0.4 is 10.6 Å². The largest absolute Gasteiger partial charge is 0.380 e. The molecule has 1 aliphatic rings. The molecule has 1 aromatic carbocycles. The third-order valence-corrected chi connectivity index (χ3v) is 3.01. The van der Waals surface area contributed by atoms with Crippen LogP contribution in [0, 0.1) is 0 Å². The number of benzene rings is 1. The smallest absolute Gasteiger partial charge is 0.0641 e. The first-order chi connectivity index (χ1) is 7.77. The van der Waals surface area contributed by atoms with Crippen molar-refractivity contribution in [3.05, 3.63) is 29.8 Å². The van der Waals surface area contributed by atoms with E-state index in [1.807, 2.05) is 6.92 Å². The van der Waals surface area contributed by atoms with Crippen LogP contribution in [0.1, 0.15) is 24.9 Å². The Kier molecular flexibility index (Phi) is 3.80. The Labute approximate surface area is 97.2 Å². The van der Waals surface area contributed by atoms with Crippen LogP contribution in [-0.4, -0.2) is 26.3 Å². The van der Waals surface area contributed by atoms with Crippen molar-refractivity contribution >= 4 is 5.69 Å². The molecular weight excluding hydrogens is 200 g/mol. The van der Waals surface area contributed by atoms with Crippen molar-refractivity contribution in [2.24, 2.45) is 5.73 Å². The van der Waals surface area contributed by atoms with Crippen LogP contribution in [0.5, 0.6) is 0 Å². The number of rotatable bonds is 2. The molecule has 16 heavy (non-hydrogen) atoms. The van der Waals surface area contributed by atoms with Crippen molar-refractivity contribution in [2.75, 3.05) is 31.2 Å². The summed E-state index contributed by atoms with van der Waals surface area (Å²) in [5, 5.41) is 0. The number of nitrogens with zero attached hydrogens (tertiary/aromatic N) is 1. The summed E-state index contributed by atoms with van der Waals surface area (Å²) in [5.74, 6) is 0. The van der Waals surface area contributed by atoms with Crippen LogP contribution in [0.4, 0.5) is 5.69 Å². The molecule has 0 aromatic heterocycles. The van der Waals surface area contributed by atoms with Crippen molar-refractivity contribution in [3.8, 4) is 0 Å². The van der Waals surface area contributed by atoms with E-state index < -0.39 is 0 Å². The highest BCUT2D eigenvalue weighted by molar-refractivity contribution is 5.48. The molecule has 2 N–H and O–H groups in total. The fraction of sp³-hybridized carbons (Fsp3) is 0.538. The van der Waals surface area contributed by atoms with Gasteiger partial charge in [-0.3, -0.25) is 0 Å². The van der Waals surface area contributed by atoms with Gasteiger partial charge in [-0.15, -0.1) is 0 Å². The average molecular weight is 220 g/mol. The quantitative estimate of drug-likeness (QED) is 0.827. The molecule has 1 saturated heterocycles. The van der Waals surface area contributed by atoms with Crippen molar-refractivity contribution < 1.29 is 4.74 Å². The summed E-state index contributed by atoms with van der Waals surface area (Å²) in [5.41, 5.74) is 8.30. The SMILES string of the molecule is C[C@@H](N)c1ccc(N2CCCOCC2)cc1. The van der Waals surface area contributed by atoms with Crippen molar-refractivity contribution in [3.63, 3.8) is 0 Å². The monoisotopic (exact) mass is 220 g/mol. The Hall–Kier alpha value is -1.06. The minimum absolute atomic E-state index is 0.113. The van der Waals surface area contributed by atoms with Crippen LogP contribution in [0.15, 0.2) is 24.3 Å². The third-order valence-electron chi connectivity index (χ3n) is 3.01. The molecule has 1 fully saturated rings. The summed E-state index contributed by atoms with van der Waals surface area (Å²) in [6, 6.07) is 8.66. The maximum atomic E-state index is 5.83. The van der Waals surface area contributed by atoms with Gasteiger partial charge in [0.15, 0.2) is 0 Å². The van der Waals surface area contributed by atoms with Gasteiger partial charge in [0.05, 0.1) is 6.61 Å². The fourth-order valence-corrected chi connectivity index (χ4v) is 1.99. The predicted octanol–water partition coefficient (Wildman–Crippen LogP) is 1.93.